The van der Waals surface area contributed by atoms with E-state index in [2.05, 4.69) is 42.5 Å². The quantitative estimate of drug-likeness (QED) is 0.0299. The minimum atomic E-state index is -1.78. The van der Waals surface area contributed by atoms with Crippen LogP contribution in [0.25, 0.3) is 0 Å². The molecule has 10 atom stereocenters. The number of carboxylic acids is 1. The first-order chi connectivity index (χ1) is 29.3. The monoisotopic (exact) mass is 905 g/mol. The number of hydrogen-bond acceptors (Lipinski definition) is 15. The van der Waals surface area contributed by atoms with Gasteiger partial charge in [-0.05, 0) is 70.3 Å². The third kappa shape index (κ3) is 21.3. The summed E-state index contributed by atoms with van der Waals surface area (Å²) in [5.41, 5.74) is 11.2. The van der Waals surface area contributed by atoms with Gasteiger partial charge in [0.2, 0.25) is 47.3 Å². The fourth-order valence-corrected chi connectivity index (χ4v) is 5.83. The van der Waals surface area contributed by atoms with E-state index < -0.39 is 139 Å². The molecule has 24 heteroatoms. The van der Waals surface area contributed by atoms with E-state index in [9.17, 15) is 68.7 Å². The number of carbonyl (C=O) groups is 9. The first-order valence-electron chi connectivity index (χ1n) is 21.0. The number of hydrogen-bond donors (Lipinski definition) is 15. The van der Waals surface area contributed by atoms with Crippen LogP contribution in [0.15, 0.2) is 0 Å². The second-order valence-electron chi connectivity index (χ2n) is 16.5. The predicted octanol–water partition coefficient (Wildman–Crippen LogP) is -5.47. The van der Waals surface area contributed by atoms with Gasteiger partial charge in [0.05, 0.1) is 32.0 Å². The van der Waals surface area contributed by atoms with Crippen LogP contribution in [0, 0.1) is 17.8 Å². The van der Waals surface area contributed by atoms with Gasteiger partial charge in [0.25, 0.3) is 0 Å². The normalized spacial score (nSPS) is 16.1. The summed E-state index contributed by atoms with van der Waals surface area (Å²) < 4.78 is 0. The molecule has 0 aliphatic heterocycles. The molecular formula is C39H72N10O14. The number of unbranched alkanes of at least 4 members (excludes halogenated alkanes) is 1. The van der Waals surface area contributed by atoms with Crippen LogP contribution in [-0.4, -0.2) is 166 Å². The van der Waals surface area contributed by atoms with E-state index in [1.54, 1.807) is 13.8 Å². The van der Waals surface area contributed by atoms with E-state index in [-0.39, 0.29) is 44.1 Å². The third-order valence-corrected chi connectivity index (χ3v) is 9.41. The Labute approximate surface area is 367 Å². The maximum absolute atomic E-state index is 13.6. The molecule has 362 valence electrons. The Morgan fingerprint density at radius 1 is 0.460 bits per heavy atom. The number of aliphatic carboxylic acids is 1. The van der Waals surface area contributed by atoms with Crippen LogP contribution < -0.4 is 54.0 Å². The minimum absolute atomic E-state index is 0.0483. The lowest BCUT2D eigenvalue weighted by Crippen LogP contribution is -2.62. The van der Waals surface area contributed by atoms with Gasteiger partial charge < -0.3 is 79.5 Å². The molecule has 0 fully saturated rings. The molecule has 0 spiro atoms. The number of nitrogens with one attached hydrogen (secondary N) is 8. The SMILES string of the molecule is CC(C)C[C@H](NC(=O)[C@H](C)N)C(=O)N[C@@H](CC(C)C)C(=O)N[C@@H](CO)C(=O)N[C@@H](CO)C(=O)N[C@@H](CCCCN)C(=O)N[C@H](C(=O)N[C@@H](CO)C(=O)N[C@H](C(=O)O)C(C)C)[C@@H](C)O. The second-order valence-corrected chi connectivity index (χ2v) is 16.5. The van der Waals surface area contributed by atoms with Gasteiger partial charge in [0.15, 0.2) is 0 Å². The smallest absolute Gasteiger partial charge is 0.326 e. The Kier molecular flexibility index (Phi) is 27.0. The summed E-state index contributed by atoms with van der Waals surface area (Å²) in [7, 11) is 0. The zero-order valence-electron chi connectivity index (χ0n) is 37.4. The molecule has 0 heterocycles. The summed E-state index contributed by atoms with van der Waals surface area (Å²) in [6.07, 6.45) is -0.827. The predicted molar refractivity (Wildman–Crippen MR) is 226 cm³/mol. The van der Waals surface area contributed by atoms with Crippen molar-refractivity contribution in [3.05, 3.63) is 0 Å². The van der Waals surface area contributed by atoms with E-state index >= 15 is 0 Å². The number of aliphatic hydroxyl groups excluding tert-OH is 4. The van der Waals surface area contributed by atoms with Gasteiger partial charge in [-0.15, -0.1) is 0 Å². The van der Waals surface area contributed by atoms with E-state index in [1.807, 2.05) is 13.8 Å². The highest BCUT2D eigenvalue weighted by Gasteiger charge is 2.36. The third-order valence-electron chi connectivity index (χ3n) is 9.41. The van der Waals surface area contributed by atoms with Gasteiger partial charge in [0, 0.05) is 0 Å². The lowest BCUT2D eigenvalue weighted by atomic mass is 9.99. The topological polar surface area (TPSA) is 403 Å². The maximum atomic E-state index is 13.6. The molecule has 24 nitrogen and oxygen atoms in total. The van der Waals surface area contributed by atoms with Crippen molar-refractivity contribution >= 4 is 53.2 Å². The number of aliphatic hydroxyl groups is 4. The van der Waals surface area contributed by atoms with Crippen LogP contribution in [0.3, 0.4) is 0 Å². The Morgan fingerprint density at radius 3 is 1.14 bits per heavy atom. The molecule has 0 aliphatic rings. The standard InChI is InChI=1S/C39H72N10O14/c1-18(2)13-24(43-31(54)21(7)41)33(56)44-25(14-19(3)4)34(57)45-27(16-51)36(59)46-26(15-50)35(58)42-23(11-9-10-12-40)32(55)49-30(22(8)53)38(61)47-28(17-52)37(60)48-29(20(5)6)39(62)63/h18-30,50-53H,9-17,40-41H2,1-8H3,(H,42,58)(H,43,54)(H,44,56)(H,45,57)(H,46,59)(H,47,61)(H,48,60)(H,49,55)(H,62,63)/t21-,22+,23-,24-,25-,26-,27-,28-,29-,30-/m0/s1. The molecule has 0 aromatic rings. The molecule has 0 unspecified atom stereocenters. The molecule has 17 N–H and O–H groups in total. The van der Waals surface area contributed by atoms with Crippen molar-refractivity contribution in [3.8, 4) is 0 Å². The summed E-state index contributed by atoms with van der Waals surface area (Å²) in [6.45, 7) is 9.94. The van der Waals surface area contributed by atoms with Gasteiger partial charge in [-0.2, -0.15) is 0 Å². The molecule has 0 aromatic heterocycles. The van der Waals surface area contributed by atoms with Crippen molar-refractivity contribution in [2.24, 2.45) is 29.2 Å². The first-order valence-corrected chi connectivity index (χ1v) is 21.0. The highest BCUT2D eigenvalue weighted by atomic mass is 16.4. The molecule has 0 aromatic carbocycles. The fourth-order valence-electron chi connectivity index (χ4n) is 5.83. The minimum Gasteiger partial charge on any atom is -0.480 e. The molecule has 0 saturated heterocycles. The summed E-state index contributed by atoms with van der Waals surface area (Å²) in [6, 6.07) is -13.0. The number of nitrogens with two attached hydrogens (primary N) is 2. The van der Waals surface area contributed by atoms with E-state index in [0.29, 0.717) is 6.42 Å². The van der Waals surface area contributed by atoms with Gasteiger partial charge in [-0.25, -0.2) is 4.79 Å². The molecule has 0 saturated carbocycles. The van der Waals surface area contributed by atoms with Gasteiger partial charge in [-0.1, -0.05) is 41.5 Å². The van der Waals surface area contributed by atoms with Crippen molar-refractivity contribution in [1.29, 1.82) is 0 Å². The molecule has 0 rings (SSSR count). The van der Waals surface area contributed by atoms with Crippen LogP contribution in [0.4, 0.5) is 0 Å². The molecule has 0 aliphatic carbocycles. The Hall–Kier alpha value is -5.01. The van der Waals surface area contributed by atoms with Gasteiger partial charge in [-0.3, -0.25) is 38.4 Å². The highest BCUT2D eigenvalue weighted by molar-refractivity contribution is 5.98. The number of rotatable bonds is 30. The number of amides is 8. The van der Waals surface area contributed by atoms with E-state index in [1.165, 1.54) is 20.8 Å². The van der Waals surface area contributed by atoms with Crippen molar-refractivity contribution in [3.63, 3.8) is 0 Å². The van der Waals surface area contributed by atoms with Crippen molar-refractivity contribution in [2.45, 2.75) is 148 Å². The maximum Gasteiger partial charge on any atom is 0.326 e. The highest BCUT2D eigenvalue weighted by Crippen LogP contribution is 2.11. The Balaban J connectivity index is 6.12. The summed E-state index contributed by atoms with van der Waals surface area (Å²) in [4.78, 5) is 117. The zero-order chi connectivity index (χ0) is 48.7. The molecule has 63 heavy (non-hydrogen) atoms. The summed E-state index contributed by atoms with van der Waals surface area (Å²) in [5.74, 6) is -9.85. The van der Waals surface area contributed by atoms with E-state index in [0.717, 1.165) is 6.92 Å². The van der Waals surface area contributed by atoms with Crippen LogP contribution in [-0.2, 0) is 43.2 Å². The first kappa shape index (κ1) is 58.0. The average molecular weight is 905 g/mol. The lowest BCUT2D eigenvalue weighted by molar-refractivity contribution is -0.144. The lowest BCUT2D eigenvalue weighted by Gasteiger charge is -2.28. The van der Waals surface area contributed by atoms with Crippen LogP contribution in [0.2, 0.25) is 0 Å². The fraction of sp³-hybridized carbons (Fsp3) is 0.769. The van der Waals surface area contributed by atoms with Gasteiger partial charge in [0.1, 0.15) is 48.3 Å². The second kappa shape index (κ2) is 29.4. The van der Waals surface area contributed by atoms with Crippen LogP contribution >= 0.6 is 0 Å². The molecule has 8 amide bonds. The molecule has 0 radical (unpaired) electrons. The van der Waals surface area contributed by atoms with Crippen LogP contribution in [0.5, 0.6) is 0 Å². The van der Waals surface area contributed by atoms with E-state index in [4.69, 9.17) is 11.5 Å². The Bertz CT molecular complexity index is 1530. The number of carbonyl (C=O) groups excluding carboxylic acids is 8. The average Bonchev–Trinajstić information content (AvgIpc) is 3.19. The summed E-state index contributed by atoms with van der Waals surface area (Å²) in [5, 5.41) is 68.5. The van der Waals surface area contributed by atoms with Crippen LogP contribution in [0.1, 0.15) is 87.5 Å². The molecule has 0 bridgehead atoms. The Morgan fingerprint density at radius 2 is 0.794 bits per heavy atom. The zero-order valence-corrected chi connectivity index (χ0v) is 37.4. The summed E-state index contributed by atoms with van der Waals surface area (Å²) >= 11 is 0. The van der Waals surface area contributed by atoms with Crippen molar-refractivity contribution in [2.75, 3.05) is 26.4 Å². The van der Waals surface area contributed by atoms with Gasteiger partial charge >= 0.3 is 5.97 Å². The van der Waals surface area contributed by atoms with Crippen molar-refractivity contribution < 1.29 is 68.7 Å². The largest absolute Gasteiger partial charge is 0.480 e. The van der Waals surface area contributed by atoms with Crippen molar-refractivity contribution in [1.82, 2.24) is 42.5 Å². The number of carboxylic acid groups (broad SMARTS) is 1. The molecular weight excluding hydrogens is 832 g/mol.